The Morgan fingerprint density at radius 2 is 1.45 bits per heavy atom. The number of carbonyl (C=O) groups is 2. The summed E-state index contributed by atoms with van der Waals surface area (Å²) >= 11 is 2.15. The Hall–Kier alpha value is -2.92. The Kier molecular flexibility index (Phi) is 10.7. The molecule has 0 saturated carbocycles. The molecule has 0 aliphatic rings. The number of halogens is 1. The van der Waals surface area contributed by atoms with Gasteiger partial charge in [0.15, 0.2) is 0 Å². The Morgan fingerprint density at radius 3 is 2.03 bits per heavy atom. The minimum Gasteiger partial charge on any atom is -0.354 e. The van der Waals surface area contributed by atoms with Crippen LogP contribution < -0.4 is 9.62 Å². The molecule has 3 aromatic carbocycles. The summed E-state index contributed by atoms with van der Waals surface area (Å²) in [6, 6.07) is 23.9. The molecular formula is C29H34IN3O4S. The van der Waals surface area contributed by atoms with E-state index in [1.807, 2.05) is 44.2 Å². The van der Waals surface area contributed by atoms with Crippen molar-refractivity contribution >= 4 is 50.1 Å². The van der Waals surface area contributed by atoms with Crippen LogP contribution in [0.3, 0.4) is 0 Å². The third-order valence-corrected chi connectivity index (χ3v) is 8.57. The van der Waals surface area contributed by atoms with E-state index < -0.39 is 28.5 Å². The highest BCUT2D eigenvalue weighted by Gasteiger charge is 2.32. The van der Waals surface area contributed by atoms with Gasteiger partial charge >= 0.3 is 0 Å². The number of hydrogen-bond acceptors (Lipinski definition) is 4. The summed E-state index contributed by atoms with van der Waals surface area (Å²) in [5.41, 5.74) is 1.40. The average molecular weight is 648 g/mol. The number of hydrogen-bond donors (Lipinski definition) is 1. The van der Waals surface area contributed by atoms with Crippen molar-refractivity contribution in [1.82, 2.24) is 10.2 Å². The van der Waals surface area contributed by atoms with E-state index in [9.17, 15) is 18.0 Å². The molecule has 0 aromatic heterocycles. The zero-order valence-electron chi connectivity index (χ0n) is 21.9. The van der Waals surface area contributed by atoms with Gasteiger partial charge in [-0.05, 0) is 83.8 Å². The molecule has 7 nitrogen and oxygen atoms in total. The monoisotopic (exact) mass is 647 g/mol. The van der Waals surface area contributed by atoms with Crippen LogP contribution >= 0.6 is 22.6 Å². The second kappa shape index (κ2) is 13.7. The van der Waals surface area contributed by atoms with Gasteiger partial charge in [-0.2, -0.15) is 0 Å². The second-order valence-electron chi connectivity index (χ2n) is 9.44. The van der Waals surface area contributed by atoms with E-state index >= 15 is 0 Å². The molecule has 0 aliphatic carbocycles. The number of nitrogens with zero attached hydrogens (tertiary/aromatic N) is 2. The van der Waals surface area contributed by atoms with Crippen LogP contribution in [0.1, 0.15) is 26.3 Å². The molecule has 0 aliphatic heterocycles. The van der Waals surface area contributed by atoms with Crippen LogP contribution in [0.5, 0.6) is 0 Å². The third-order valence-electron chi connectivity index (χ3n) is 6.06. The van der Waals surface area contributed by atoms with Crippen molar-refractivity contribution in [3.8, 4) is 0 Å². The summed E-state index contributed by atoms with van der Waals surface area (Å²) in [5, 5.41) is 2.90. The first-order valence-corrected chi connectivity index (χ1v) is 15.1. The van der Waals surface area contributed by atoms with Crippen LogP contribution in [-0.4, -0.2) is 50.8 Å². The van der Waals surface area contributed by atoms with E-state index in [0.717, 1.165) is 13.4 Å². The van der Waals surface area contributed by atoms with E-state index in [4.69, 9.17) is 0 Å². The lowest BCUT2D eigenvalue weighted by molar-refractivity contribution is -0.138. The van der Waals surface area contributed by atoms with Gasteiger partial charge < -0.3 is 10.2 Å². The van der Waals surface area contributed by atoms with E-state index in [-0.39, 0.29) is 23.3 Å². The number of sulfonamides is 1. The van der Waals surface area contributed by atoms with Gasteiger partial charge in [-0.1, -0.05) is 62.4 Å². The number of nitrogens with one attached hydrogen (secondary N) is 1. The normalized spacial score (nSPS) is 12.1. The van der Waals surface area contributed by atoms with Gasteiger partial charge in [-0.3, -0.25) is 13.9 Å². The number of anilines is 1. The molecule has 0 spiro atoms. The predicted molar refractivity (Wildman–Crippen MR) is 159 cm³/mol. The highest BCUT2D eigenvalue weighted by Crippen LogP contribution is 2.25. The van der Waals surface area contributed by atoms with Crippen LogP contribution in [0, 0.1) is 9.49 Å². The fourth-order valence-corrected chi connectivity index (χ4v) is 5.67. The second-order valence-corrected chi connectivity index (χ2v) is 12.5. The quantitative estimate of drug-likeness (QED) is 0.289. The van der Waals surface area contributed by atoms with Gasteiger partial charge in [-0.25, -0.2) is 8.42 Å². The van der Waals surface area contributed by atoms with Crippen LogP contribution in [0.2, 0.25) is 0 Å². The van der Waals surface area contributed by atoms with Crippen molar-refractivity contribution < 1.29 is 18.0 Å². The molecule has 3 rings (SSSR count). The number of benzene rings is 3. The fourth-order valence-electron chi connectivity index (χ4n) is 3.88. The molecule has 9 heteroatoms. The molecule has 1 atom stereocenters. The molecule has 2 amide bonds. The Labute approximate surface area is 239 Å². The molecule has 38 heavy (non-hydrogen) atoms. The topological polar surface area (TPSA) is 86.8 Å². The minimum atomic E-state index is -4.05. The van der Waals surface area contributed by atoms with Gasteiger partial charge in [0.05, 0.1) is 10.6 Å². The van der Waals surface area contributed by atoms with Gasteiger partial charge in [0.25, 0.3) is 10.0 Å². The van der Waals surface area contributed by atoms with Crippen LogP contribution in [-0.2, 0) is 26.0 Å². The van der Waals surface area contributed by atoms with Crippen LogP contribution in [0.25, 0.3) is 0 Å². The van der Waals surface area contributed by atoms with Crippen LogP contribution in [0.15, 0.2) is 89.8 Å². The van der Waals surface area contributed by atoms with E-state index in [0.29, 0.717) is 18.7 Å². The summed E-state index contributed by atoms with van der Waals surface area (Å²) in [4.78, 5) is 28.4. The van der Waals surface area contributed by atoms with Crippen molar-refractivity contribution in [2.45, 2.75) is 38.1 Å². The van der Waals surface area contributed by atoms with Gasteiger partial charge in [0.1, 0.15) is 12.6 Å². The molecule has 3 aromatic rings. The first kappa shape index (κ1) is 29.6. The molecule has 0 fully saturated rings. The minimum absolute atomic E-state index is 0.0879. The summed E-state index contributed by atoms with van der Waals surface area (Å²) in [6.07, 6.45) is 0.531. The summed E-state index contributed by atoms with van der Waals surface area (Å²) in [5.74, 6) is -0.468. The molecule has 0 heterocycles. The van der Waals surface area contributed by atoms with Crippen molar-refractivity contribution in [1.29, 1.82) is 0 Å². The summed E-state index contributed by atoms with van der Waals surface area (Å²) < 4.78 is 29.5. The average Bonchev–Trinajstić information content (AvgIpc) is 2.92. The van der Waals surface area contributed by atoms with Crippen molar-refractivity contribution in [2.24, 2.45) is 5.92 Å². The highest BCUT2D eigenvalue weighted by atomic mass is 127. The standard InChI is InChI=1S/C29H34IN3O4S/c1-22(2)20-31-29(35)23(3)32(19-18-24-10-6-4-7-11-24)28(34)21-33(26-16-14-25(30)15-17-26)38(36,37)27-12-8-5-9-13-27/h4-17,22-23H,18-21H2,1-3H3,(H,31,35)/t23-/m1/s1. The first-order chi connectivity index (χ1) is 18.1. The predicted octanol–water partition coefficient (Wildman–Crippen LogP) is 4.72. The fraction of sp³-hybridized carbons (Fsp3) is 0.310. The molecular weight excluding hydrogens is 613 g/mol. The lowest BCUT2D eigenvalue weighted by atomic mass is 10.1. The largest absolute Gasteiger partial charge is 0.354 e. The molecule has 0 radical (unpaired) electrons. The van der Waals surface area contributed by atoms with Gasteiger partial charge in [0.2, 0.25) is 11.8 Å². The first-order valence-electron chi connectivity index (χ1n) is 12.5. The van der Waals surface area contributed by atoms with Gasteiger partial charge in [-0.15, -0.1) is 0 Å². The lowest BCUT2D eigenvalue weighted by Gasteiger charge is -2.32. The number of amides is 2. The Balaban J connectivity index is 1.94. The SMILES string of the molecule is CC(C)CNC(=O)[C@@H](C)N(CCc1ccccc1)C(=O)CN(c1ccc(I)cc1)S(=O)(=O)c1ccccc1. The van der Waals surface area contributed by atoms with Crippen molar-refractivity contribution in [3.63, 3.8) is 0 Å². The van der Waals surface area contributed by atoms with Crippen LogP contribution in [0.4, 0.5) is 5.69 Å². The zero-order valence-corrected chi connectivity index (χ0v) is 24.9. The maximum atomic E-state index is 13.8. The zero-order chi connectivity index (χ0) is 27.7. The molecule has 0 unspecified atom stereocenters. The Bertz CT molecular complexity index is 1300. The molecule has 0 saturated heterocycles. The lowest BCUT2D eigenvalue weighted by Crippen LogP contribution is -2.52. The maximum Gasteiger partial charge on any atom is 0.264 e. The number of carbonyl (C=O) groups excluding carboxylic acids is 2. The third kappa shape index (κ3) is 8.04. The molecule has 0 bridgehead atoms. The highest BCUT2D eigenvalue weighted by molar-refractivity contribution is 14.1. The maximum absolute atomic E-state index is 13.8. The molecule has 202 valence electrons. The van der Waals surface area contributed by atoms with E-state index in [2.05, 4.69) is 27.9 Å². The molecule has 1 N–H and O–H groups in total. The van der Waals surface area contributed by atoms with Crippen molar-refractivity contribution in [2.75, 3.05) is 23.9 Å². The Morgan fingerprint density at radius 1 is 0.868 bits per heavy atom. The van der Waals surface area contributed by atoms with E-state index in [1.165, 1.54) is 17.0 Å². The van der Waals surface area contributed by atoms with Gasteiger partial charge in [0, 0.05) is 16.7 Å². The smallest absolute Gasteiger partial charge is 0.264 e. The summed E-state index contributed by atoms with van der Waals surface area (Å²) in [6.45, 7) is 5.99. The number of rotatable bonds is 12. The van der Waals surface area contributed by atoms with Crippen molar-refractivity contribution in [3.05, 3.63) is 94.1 Å². The van der Waals surface area contributed by atoms with E-state index in [1.54, 1.807) is 49.4 Å². The summed E-state index contributed by atoms with van der Waals surface area (Å²) in [7, 11) is -4.05.